The Hall–Kier alpha value is -2.25. The molecule has 1 aliphatic rings. The molecule has 1 aliphatic heterocycles. The Balaban J connectivity index is 1.81. The van der Waals surface area contributed by atoms with Crippen molar-refractivity contribution in [3.05, 3.63) is 60.4 Å². The molecule has 1 fully saturated rings. The SMILES string of the molecule is CN(Cc1ccccn1)C(=O)C1CCCCN1S(=O)(=O)c1ccccc1. The van der Waals surface area contributed by atoms with Crippen LogP contribution in [0.2, 0.25) is 0 Å². The lowest BCUT2D eigenvalue weighted by Crippen LogP contribution is -2.52. The molecule has 0 spiro atoms. The number of hydrogen-bond donors (Lipinski definition) is 0. The van der Waals surface area contributed by atoms with Crippen LogP contribution in [0.15, 0.2) is 59.6 Å². The molecule has 0 N–H and O–H groups in total. The largest absolute Gasteiger partial charge is 0.338 e. The topological polar surface area (TPSA) is 70.6 Å². The maximum absolute atomic E-state index is 13.0. The summed E-state index contributed by atoms with van der Waals surface area (Å²) in [5.41, 5.74) is 0.775. The van der Waals surface area contributed by atoms with Crippen LogP contribution in [0.5, 0.6) is 0 Å². The Morgan fingerprint density at radius 3 is 2.58 bits per heavy atom. The summed E-state index contributed by atoms with van der Waals surface area (Å²) in [6.07, 6.45) is 3.83. The molecule has 2 heterocycles. The van der Waals surface area contributed by atoms with Gasteiger partial charge in [-0.15, -0.1) is 0 Å². The monoisotopic (exact) mass is 373 g/mol. The fourth-order valence-corrected chi connectivity index (χ4v) is 4.91. The molecule has 1 aromatic heterocycles. The maximum atomic E-state index is 13.0. The summed E-state index contributed by atoms with van der Waals surface area (Å²) in [7, 11) is -2.00. The first-order valence-electron chi connectivity index (χ1n) is 8.72. The summed E-state index contributed by atoms with van der Waals surface area (Å²) in [4.78, 5) is 19.0. The zero-order chi connectivity index (χ0) is 18.6. The average Bonchev–Trinajstić information content (AvgIpc) is 2.69. The van der Waals surface area contributed by atoms with E-state index in [4.69, 9.17) is 0 Å². The molecule has 7 heteroatoms. The van der Waals surface area contributed by atoms with Crippen LogP contribution in [0.3, 0.4) is 0 Å². The molecule has 1 amide bonds. The van der Waals surface area contributed by atoms with Crippen molar-refractivity contribution in [1.29, 1.82) is 0 Å². The van der Waals surface area contributed by atoms with Gasteiger partial charge in [-0.05, 0) is 37.1 Å². The lowest BCUT2D eigenvalue weighted by molar-refractivity contribution is -0.135. The molecule has 3 rings (SSSR count). The van der Waals surface area contributed by atoms with Crippen molar-refractivity contribution >= 4 is 15.9 Å². The van der Waals surface area contributed by atoms with E-state index in [1.165, 1.54) is 4.31 Å². The number of amides is 1. The number of likely N-dealkylation sites (N-methyl/N-ethyl adjacent to an activating group) is 1. The van der Waals surface area contributed by atoms with Crippen LogP contribution in [0, 0.1) is 0 Å². The standard InChI is InChI=1S/C19H23N3O3S/c1-21(15-16-9-5-7-13-20-16)19(23)18-12-6-8-14-22(18)26(24,25)17-10-3-2-4-11-17/h2-5,7,9-11,13,18H,6,8,12,14-15H2,1H3. The summed E-state index contributed by atoms with van der Waals surface area (Å²) in [5.74, 6) is -0.185. The van der Waals surface area contributed by atoms with Gasteiger partial charge in [0.25, 0.3) is 0 Å². The Bertz CT molecular complexity index is 841. The van der Waals surface area contributed by atoms with Gasteiger partial charge in [-0.3, -0.25) is 9.78 Å². The average molecular weight is 373 g/mol. The van der Waals surface area contributed by atoms with Crippen LogP contribution < -0.4 is 0 Å². The highest BCUT2D eigenvalue weighted by molar-refractivity contribution is 7.89. The van der Waals surface area contributed by atoms with Gasteiger partial charge in [0.1, 0.15) is 6.04 Å². The van der Waals surface area contributed by atoms with Gasteiger partial charge in [-0.1, -0.05) is 30.7 Å². The first-order chi connectivity index (χ1) is 12.5. The number of rotatable bonds is 5. The van der Waals surface area contributed by atoms with Gasteiger partial charge in [0.2, 0.25) is 15.9 Å². The van der Waals surface area contributed by atoms with Crippen molar-refractivity contribution in [3.63, 3.8) is 0 Å². The van der Waals surface area contributed by atoms with E-state index in [1.807, 2.05) is 18.2 Å². The van der Waals surface area contributed by atoms with Crippen molar-refractivity contribution in [1.82, 2.24) is 14.2 Å². The second-order valence-electron chi connectivity index (χ2n) is 6.46. The van der Waals surface area contributed by atoms with E-state index in [0.717, 1.165) is 18.5 Å². The highest BCUT2D eigenvalue weighted by Crippen LogP contribution is 2.26. The van der Waals surface area contributed by atoms with Crippen molar-refractivity contribution in [2.24, 2.45) is 0 Å². The first kappa shape index (κ1) is 18.5. The molecule has 1 atom stereocenters. The third-order valence-electron chi connectivity index (χ3n) is 4.59. The molecule has 0 bridgehead atoms. The summed E-state index contributed by atoms with van der Waals surface area (Å²) in [6.45, 7) is 0.723. The highest BCUT2D eigenvalue weighted by Gasteiger charge is 2.38. The van der Waals surface area contributed by atoms with E-state index in [-0.39, 0.29) is 10.8 Å². The predicted molar refractivity (Wildman–Crippen MR) is 98.7 cm³/mol. The van der Waals surface area contributed by atoms with Gasteiger partial charge < -0.3 is 4.90 Å². The fourth-order valence-electron chi connectivity index (χ4n) is 3.23. The van der Waals surface area contributed by atoms with Gasteiger partial charge in [0, 0.05) is 19.8 Å². The summed E-state index contributed by atoms with van der Waals surface area (Å²) in [6, 6.07) is 13.2. The molecule has 26 heavy (non-hydrogen) atoms. The molecule has 1 saturated heterocycles. The summed E-state index contributed by atoms with van der Waals surface area (Å²) >= 11 is 0. The molecule has 1 unspecified atom stereocenters. The van der Waals surface area contributed by atoms with Crippen molar-refractivity contribution in [3.8, 4) is 0 Å². The number of hydrogen-bond acceptors (Lipinski definition) is 4. The molecule has 0 saturated carbocycles. The minimum Gasteiger partial charge on any atom is -0.338 e. The molecular formula is C19H23N3O3S. The van der Waals surface area contributed by atoms with E-state index in [9.17, 15) is 13.2 Å². The number of nitrogens with zero attached hydrogens (tertiary/aromatic N) is 3. The van der Waals surface area contributed by atoms with E-state index < -0.39 is 16.1 Å². The van der Waals surface area contributed by atoms with Crippen LogP contribution in [0.4, 0.5) is 0 Å². The molecule has 138 valence electrons. The number of carbonyl (C=O) groups is 1. The quantitative estimate of drug-likeness (QED) is 0.806. The number of sulfonamides is 1. The van der Waals surface area contributed by atoms with Crippen LogP contribution in [-0.2, 0) is 21.4 Å². The van der Waals surface area contributed by atoms with E-state index in [2.05, 4.69) is 4.98 Å². The zero-order valence-electron chi connectivity index (χ0n) is 14.8. The van der Waals surface area contributed by atoms with Crippen LogP contribution in [-0.4, -0.2) is 48.1 Å². The number of pyridine rings is 1. The summed E-state index contributed by atoms with van der Waals surface area (Å²) < 4.78 is 27.4. The molecule has 1 aromatic carbocycles. The number of carbonyl (C=O) groups excluding carboxylic acids is 1. The zero-order valence-corrected chi connectivity index (χ0v) is 15.6. The molecule has 2 aromatic rings. The van der Waals surface area contributed by atoms with Crippen LogP contribution in [0.1, 0.15) is 25.0 Å². The second kappa shape index (κ2) is 7.97. The minimum atomic E-state index is -3.69. The molecular weight excluding hydrogens is 350 g/mol. The summed E-state index contributed by atoms with van der Waals surface area (Å²) in [5, 5.41) is 0. The third-order valence-corrected chi connectivity index (χ3v) is 6.51. The third kappa shape index (κ3) is 3.94. The van der Waals surface area contributed by atoms with Crippen LogP contribution >= 0.6 is 0 Å². The second-order valence-corrected chi connectivity index (χ2v) is 8.35. The van der Waals surface area contributed by atoms with E-state index >= 15 is 0 Å². The lowest BCUT2D eigenvalue weighted by atomic mass is 10.0. The predicted octanol–water partition coefficient (Wildman–Crippen LogP) is 2.28. The molecule has 6 nitrogen and oxygen atoms in total. The normalized spacial score (nSPS) is 18.4. The van der Waals surface area contributed by atoms with Gasteiger partial charge in [0.15, 0.2) is 0 Å². The van der Waals surface area contributed by atoms with Crippen molar-refractivity contribution in [2.75, 3.05) is 13.6 Å². The number of aromatic nitrogens is 1. The number of piperidine rings is 1. The Kier molecular flexibility index (Phi) is 5.68. The molecule has 0 aliphatic carbocycles. The highest BCUT2D eigenvalue weighted by atomic mass is 32.2. The maximum Gasteiger partial charge on any atom is 0.243 e. The van der Waals surface area contributed by atoms with Gasteiger partial charge >= 0.3 is 0 Å². The lowest BCUT2D eigenvalue weighted by Gasteiger charge is -2.35. The molecule has 0 radical (unpaired) electrons. The van der Waals surface area contributed by atoms with Gasteiger partial charge in [0.05, 0.1) is 17.1 Å². The van der Waals surface area contributed by atoms with Crippen molar-refractivity contribution < 1.29 is 13.2 Å². The van der Waals surface area contributed by atoms with Gasteiger partial charge in [-0.25, -0.2) is 8.42 Å². The Morgan fingerprint density at radius 2 is 1.88 bits per heavy atom. The van der Waals surface area contributed by atoms with Crippen LogP contribution in [0.25, 0.3) is 0 Å². The van der Waals surface area contributed by atoms with Crippen molar-refractivity contribution in [2.45, 2.75) is 36.7 Å². The number of benzene rings is 1. The fraction of sp³-hybridized carbons (Fsp3) is 0.368. The van der Waals surface area contributed by atoms with E-state index in [1.54, 1.807) is 48.5 Å². The minimum absolute atomic E-state index is 0.185. The van der Waals surface area contributed by atoms with E-state index in [0.29, 0.717) is 19.5 Å². The van der Waals surface area contributed by atoms with Gasteiger partial charge in [-0.2, -0.15) is 4.31 Å². The first-order valence-corrected chi connectivity index (χ1v) is 10.2. The Labute approximate surface area is 154 Å². The smallest absolute Gasteiger partial charge is 0.243 e. The Morgan fingerprint density at radius 1 is 1.15 bits per heavy atom.